The van der Waals surface area contributed by atoms with Crippen LogP contribution in [-0.2, 0) is 6.42 Å². The molecule has 5 rings (SSSR count). The zero-order valence-electron chi connectivity index (χ0n) is 19.3. The van der Waals surface area contributed by atoms with Crippen molar-refractivity contribution in [1.29, 1.82) is 5.26 Å². The molecule has 0 atom stereocenters. The Kier molecular flexibility index (Phi) is 6.60. The van der Waals surface area contributed by atoms with Crippen molar-refractivity contribution in [2.24, 2.45) is 0 Å². The van der Waals surface area contributed by atoms with E-state index in [-0.39, 0.29) is 5.91 Å². The Morgan fingerprint density at radius 3 is 2.39 bits per heavy atom. The monoisotopic (exact) mass is 493 g/mol. The van der Waals surface area contributed by atoms with Crippen LogP contribution in [0.2, 0.25) is 0 Å². The van der Waals surface area contributed by atoms with Crippen LogP contribution in [0.5, 0.6) is 0 Å². The average Bonchev–Trinajstić information content (AvgIpc) is 3.66. The molecule has 1 amide bonds. The lowest BCUT2D eigenvalue weighted by atomic mass is 10.1. The summed E-state index contributed by atoms with van der Waals surface area (Å²) in [7, 11) is 0. The zero-order valence-corrected chi connectivity index (χ0v) is 20.2. The topological polar surface area (TPSA) is 115 Å². The van der Waals surface area contributed by atoms with Gasteiger partial charge in [-0.3, -0.25) is 4.79 Å². The van der Waals surface area contributed by atoms with E-state index in [1.807, 2.05) is 78.2 Å². The number of para-hydroxylation sites is 2. The van der Waals surface area contributed by atoms with E-state index in [0.717, 1.165) is 16.3 Å². The Morgan fingerprint density at radius 2 is 1.72 bits per heavy atom. The fourth-order valence-electron chi connectivity index (χ4n) is 3.94. The Hall–Kier alpha value is -4.68. The van der Waals surface area contributed by atoms with Crippen molar-refractivity contribution in [3.05, 3.63) is 101 Å². The number of anilines is 1. The number of carbonyl (C=O) groups excluding carboxylic acids is 1. The molecule has 0 unspecified atom stereocenters. The number of aryl methyl sites for hydroxylation is 1. The SMILES string of the molecule is N#Cc1c(CCCNC(=O)c2cn(-c3ccccc3)nc2-c2cccs2)nn(-c2ccccc2)c1N. The molecule has 8 nitrogen and oxygen atoms in total. The minimum absolute atomic E-state index is 0.199. The number of hydrogen-bond acceptors (Lipinski definition) is 6. The normalized spacial score (nSPS) is 10.8. The number of nitrogen functional groups attached to an aromatic ring is 1. The smallest absolute Gasteiger partial charge is 0.255 e. The maximum absolute atomic E-state index is 13.1. The van der Waals surface area contributed by atoms with Crippen LogP contribution >= 0.6 is 11.3 Å². The van der Waals surface area contributed by atoms with Crippen molar-refractivity contribution in [2.45, 2.75) is 12.8 Å². The number of amides is 1. The number of nitrogens with zero attached hydrogens (tertiary/aromatic N) is 5. The predicted molar refractivity (Wildman–Crippen MR) is 140 cm³/mol. The third-order valence-corrected chi connectivity index (χ3v) is 6.59. The second-order valence-corrected chi connectivity index (χ2v) is 9.02. The Balaban J connectivity index is 1.29. The minimum Gasteiger partial charge on any atom is -0.382 e. The van der Waals surface area contributed by atoms with E-state index in [9.17, 15) is 10.1 Å². The van der Waals surface area contributed by atoms with Crippen molar-refractivity contribution in [1.82, 2.24) is 24.9 Å². The van der Waals surface area contributed by atoms with Gasteiger partial charge in [0.15, 0.2) is 0 Å². The molecule has 3 N–H and O–H groups in total. The molecular weight excluding hydrogens is 470 g/mol. The second kappa shape index (κ2) is 10.3. The maximum Gasteiger partial charge on any atom is 0.255 e. The van der Waals surface area contributed by atoms with Gasteiger partial charge in [-0.15, -0.1) is 11.3 Å². The number of rotatable bonds is 8. The molecule has 0 aliphatic rings. The summed E-state index contributed by atoms with van der Waals surface area (Å²) >= 11 is 1.54. The molecule has 0 spiro atoms. The van der Waals surface area contributed by atoms with Crippen LogP contribution in [0, 0.1) is 11.3 Å². The lowest BCUT2D eigenvalue weighted by molar-refractivity contribution is 0.0954. The molecule has 0 aliphatic carbocycles. The van der Waals surface area contributed by atoms with Gasteiger partial charge >= 0.3 is 0 Å². The predicted octanol–water partition coefficient (Wildman–Crippen LogP) is 4.60. The van der Waals surface area contributed by atoms with Gasteiger partial charge in [0, 0.05) is 12.7 Å². The fraction of sp³-hybridized carbons (Fsp3) is 0.111. The quantitative estimate of drug-likeness (QED) is 0.307. The summed E-state index contributed by atoms with van der Waals surface area (Å²) in [6.07, 6.45) is 2.87. The maximum atomic E-state index is 13.1. The van der Waals surface area contributed by atoms with Crippen LogP contribution in [0.1, 0.15) is 28.0 Å². The molecule has 2 aromatic carbocycles. The molecule has 0 radical (unpaired) electrons. The Bertz CT molecular complexity index is 1510. The second-order valence-electron chi connectivity index (χ2n) is 8.07. The Labute approximate surface area is 212 Å². The van der Waals surface area contributed by atoms with Gasteiger partial charge in [0.2, 0.25) is 0 Å². The number of thiophene rings is 1. The number of aromatic nitrogens is 4. The van der Waals surface area contributed by atoms with E-state index in [4.69, 9.17) is 5.73 Å². The molecule has 0 bridgehead atoms. The summed E-state index contributed by atoms with van der Waals surface area (Å²) in [5.41, 5.74) is 10.0. The van der Waals surface area contributed by atoms with Crippen LogP contribution in [0.3, 0.4) is 0 Å². The molecule has 0 aliphatic heterocycles. The van der Waals surface area contributed by atoms with E-state index >= 15 is 0 Å². The highest BCUT2D eigenvalue weighted by Gasteiger charge is 2.20. The summed E-state index contributed by atoms with van der Waals surface area (Å²) in [6.45, 7) is 0.419. The lowest BCUT2D eigenvalue weighted by Crippen LogP contribution is -2.25. The minimum atomic E-state index is -0.199. The van der Waals surface area contributed by atoms with Gasteiger partial charge < -0.3 is 11.1 Å². The number of nitrogens with one attached hydrogen (secondary N) is 1. The molecule has 3 aromatic heterocycles. The molecular formula is C27H23N7OS. The number of benzene rings is 2. The summed E-state index contributed by atoms with van der Waals surface area (Å²) < 4.78 is 3.31. The van der Waals surface area contributed by atoms with Crippen LogP contribution in [0.25, 0.3) is 21.9 Å². The van der Waals surface area contributed by atoms with Crippen LogP contribution < -0.4 is 11.1 Å². The number of carbonyl (C=O) groups is 1. The third-order valence-electron chi connectivity index (χ3n) is 5.72. The van der Waals surface area contributed by atoms with E-state index in [1.54, 1.807) is 15.6 Å². The van der Waals surface area contributed by atoms with Gasteiger partial charge in [-0.05, 0) is 48.6 Å². The van der Waals surface area contributed by atoms with Crippen molar-refractivity contribution in [2.75, 3.05) is 12.3 Å². The van der Waals surface area contributed by atoms with Gasteiger partial charge in [0.1, 0.15) is 23.1 Å². The molecule has 178 valence electrons. The highest BCUT2D eigenvalue weighted by atomic mass is 32.1. The van der Waals surface area contributed by atoms with E-state index < -0.39 is 0 Å². The van der Waals surface area contributed by atoms with E-state index in [0.29, 0.717) is 47.7 Å². The fourth-order valence-corrected chi connectivity index (χ4v) is 4.67. The molecule has 36 heavy (non-hydrogen) atoms. The third kappa shape index (κ3) is 4.62. The first kappa shape index (κ1) is 23.1. The van der Waals surface area contributed by atoms with Crippen molar-refractivity contribution in [3.8, 4) is 28.0 Å². The summed E-state index contributed by atoms with van der Waals surface area (Å²) in [4.78, 5) is 14.1. The van der Waals surface area contributed by atoms with Crippen molar-refractivity contribution in [3.63, 3.8) is 0 Å². The van der Waals surface area contributed by atoms with E-state index in [2.05, 4.69) is 21.6 Å². The van der Waals surface area contributed by atoms with Gasteiger partial charge in [-0.2, -0.15) is 15.5 Å². The highest BCUT2D eigenvalue weighted by molar-refractivity contribution is 7.13. The molecule has 0 saturated heterocycles. The van der Waals surface area contributed by atoms with Gasteiger partial charge in [-0.1, -0.05) is 42.5 Å². The zero-order chi connectivity index (χ0) is 24.9. The van der Waals surface area contributed by atoms with Crippen LogP contribution in [0.15, 0.2) is 84.4 Å². The molecule has 0 fully saturated rings. The molecule has 5 aromatic rings. The first-order valence-electron chi connectivity index (χ1n) is 11.5. The van der Waals surface area contributed by atoms with Gasteiger partial charge in [-0.25, -0.2) is 9.36 Å². The summed E-state index contributed by atoms with van der Waals surface area (Å²) in [6, 6.07) is 25.2. The van der Waals surface area contributed by atoms with E-state index in [1.165, 1.54) is 11.3 Å². The average molecular weight is 494 g/mol. The van der Waals surface area contributed by atoms with Crippen LogP contribution in [0.4, 0.5) is 5.82 Å². The van der Waals surface area contributed by atoms with Crippen molar-refractivity contribution >= 4 is 23.1 Å². The largest absolute Gasteiger partial charge is 0.382 e. The van der Waals surface area contributed by atoms with Crippen molar-refractivity contribution < 1.29 is 4.79 Å². The molecule has 3 heterocycles. The first-order chi connectivity index (χ1) is 17.7. The highest BCUT2D eigenvalue weighted by Crippen LogP contribution is 2.28. The van der Waals surface area contributed by atoms with Gasteiger partial charge in [0.05, 0.1) is 27.5 Å². The number of hydrogen-bond donors (Lipinski definition) is 2. The van der Waals surface area contributed by atoms with Crippen LogP contribution in [-0.4, -0.2) is 32.0 Å². The van der Waals surface area contributed by atoms with Gasteiger partial charge in [0.25, 0.3) is 5.91 Å². The molecule has 0 saturated carbocycles. The first-order valence-corrected chi connectivity index (χ1v) is 12.3. The Morgan fingerprint density at radius 1 is 1.00 bits per heavy atom. The lowest BCUT2D eigenvalue weighted by Gasteiger charge is -2.04. The number of nitrogens with two attached hydrogens (primary N) is 1. The number of nitriles is 1. The summed E-state index contributed by atoms with van der Waals surface area (Å²) in [5.74, 6) is 0.118. The summed E-state index contributed by atoms with van der Waals surface area (Å²) in [5, 5.41) is 23.8. The standard InChI is InChI=1S/C27H23N7OS/c28-17-21-23(31-34(26(21)29)20-11-5-2-6-12-20)13-7-15-30-27(35)22-18-33(19-9-3-1-4-10-19)32-25(22)24-14-8-16-36-24/h1-6,8-12,14,16,18H,7,13,15,29H2,(H,30,35). The molecule has 9 heteroatoms.